The molecule has 1 rings (SSSR count). The fraction of sp³-hybridized carbons (Fsp3) is 0.250. The Kier molecular flexibility index (Phi) is 5.77. The number of halogens is 1. The van der Waals surface area contributed by atoms with Gasteiger partial charge in [-0.3, -0.25) is 0 Å². The van der Waals surface area contributed by atoms with Crippen LogP contribution < -0.4 is 0 Å². The average Bonchev–Trinajstić information content (AvgIpc) is 2.35. The molecule has 0 fully saturated rings. The summed E-state index contributed by atoms with van der Waals surface area (Å²) in [6.07, 6.45) is 2.93. The first kappa shape index (κ1) is 14.1. The summed E-state index contributed by atoms with van der Waals surface area (Å²) in [6.45, 7) is 2.25. The highest BCUT2D eigenvalue weighted by atomic mass is 35.5. The second-order valence-electron chi connectivity index (χ2n) is 3.32. The SMILES string of the molecule is CCOC(=O)/C=C/c1ccc(Cl)cc1CN=[N+]=[N-]. The topological polar surface area (TPSA) is 75.1 Å². The molecule has 0 bridgehead atoms. The van der Waals surface area contributed by atoms with Gasteiger partial charge in [-0.1, -0.05) is 22.8 Å². The molecule has 0 radical (unpaired) electrons. The van der Waals surface area contributed by atoms with E-state index in [1.807, 2.05) is 0 Å². The van der Waals surface area contributed by atoms with Gasteiger partial charge >= 0.3 is 5.97 Å². The number of rotatable bonds is 5. The maximum absolute atomic E-state index is 11.2. The molecule has 0 saturated carbocycles. The molecule has 0 aromatic heterocycles. The lowest BCUT2D eigenvalue weighted by atomic mass is 10.1. The Balaban J connectivity index is 2.93. The highest BCUT2D eigenvalue weighted by Gasteiger charge is 2.01. The van der Waals surface area contributed by atoms with Gasteiger partial charge in [-0.15, -0.1) is 0 Å². The summed E-state index contributed by atoms with van der Waals surface area (Å²) in [5, 5.41) is 4.03. The molecule has 0 aliphatic carbocycles. The van der Waals surface area contributed by atoms with Gasteiger partial charge in [0, 0.05) is 16.0 Å². The monoisotopic (exact) mass is 265 g/mol. The van der Waals surface area contributed by atoms with E-state index in [1.54, 1.807) is 31.2 Å². The van der Waals surface area contributed by atoms with Crippen molar-refractivity contribution in [1.29, 1.82) is 0 Å². The van der Waals surface area contributed by atoms with Gasteiger partial charge in [-0.25, -0.2) is 4.79 Å². The van der Waals surface area contributed by atoms with Crippen molar-refractivity contribution in [3.63, 3.8) is 0 Å². The zero-order valence-electron chi connectivity index (χ0n) is 9.84. The van der Waals surface area contributed by atoms with Crippen molar-refractivity contribution in [2.24, 2.45) is 5.11 Å². The number of hydrogen-bond donors (Lipinski definition) is 0. The van der Waals surface area contributed by atoms with Crippen LogP contribution in [0.4, 0.5) is 0 Å². The molecular formula is C12H12ClN3O2. The summed E-state index contributed by atoms with van der Waals surface area (Å²) < 4.78 is 4.77. The van der Waals surface area contributed by atoms with Gasteiger partial charge in [0.1, 0.15) is 0 Å². The number of benzene rings is 1. The van der Waals surface area contributed by atoms with Gasteiger partial charge in [0.15, 0.2) is 0 Å². The Morgan fingerprint density at radius 1 is 1.61 bits per heavy atom. The third-order valence-corrected chi connectivity index (χ3v) is 2.33. The van der Waals surface area contributed by atoms with Crippen molar-refractivity contribution >= 4 is 23.6 Å². The van der Waals surface area contributed by atoms with Crippen molar-refractivity contribution in [2.45, 2.75) is 13.5 Å². The number of carbonyl (C=O) groups is 1. The average molecular weight is 266 g/mol. The molecule has 0 N–H and O–H groups in total. The van der Waals surface area contributed by atoms with Crippen LogP contribution in [0.1, 0.15) is 18.1 Å². The summed E-state index contributed by atoms with van der Waals surface area (Å²) in [5.74, 6) is -0.415. The van der Waals surface area contributed by atoms with E-state index in [4.69, 9.17) is 21.9 Å². The Labute approximate surface area is 110 Å². The zero-order chi connectivity index (χ0) is 13.4. The van der Waals surface area contributed by atoms with Crippen LogP contribution in [0.25, 0.3) is 16.5 Å². The Morgan fingerprint density at radius 3 is 3.06 bits per heavy atom. The van der Waals surface area contributed by atoms with E-state index in [2.05, 4.69) is 10.0 Å². The molecule has 1 aromatic carbocycles. The summed E-state index contributed by atoms with van der Waals surface area (Å²) >= 11 is 5.86. The summed E-state index contributed by atoms with van der Waals surface area (Å²) in [4.78, 5) is 13.9. The van der Waals surface area contributed by atoms with Crippen molar-refractivity contribution < 1.29 is 9.53 Å². The first-order valence-corrected chi connectivity index (χ1v) is 5.69. The van der Waals surface area contributed by atoms with E-state index in [1.165, 1.54) is 6.08 Å². The van der Waals surface area contributed by atoms with Gasteiger partial charge in [-0.05, 0) is 41.8 Å². The van der Waals surface area contributed by atoms with Crippen LogP contribution in [-0.4, -0.2) is 12.6 Å². The van der Waals surface area contributed by atoms with E-state index in [-0.39, 0.29) is 6.54 Å². The minimum absolute atomic E-state index is 0.180. The van der Waals surface area contributed by atoms with Gasteiger partial charge in [0.2, 0.25) is 0 Å². The highest BCUT2D eigenvalue weighted by molar-refractivity contribution is 6.30. The van der Waals surface area contributed by atoms with Gasteiger partial charge in [0.05, 0.1) is 13.2 Å². The van der Waals surface area contributed by atoms with Crippen LogP contribution in [0.15, 0.2) is 29.4 Å². The van der Waals surface area contributed by atoms with Crippen molar-refractivity contribution in [3.05, 3.63) is 50.9 Å². The van der Waals surface area contributed by atoms with Crippen molar-refractivity contribution in [3.8, 4) is 0 Å². The lowest BCUT2D eigenvalue weighted by molar-refractivity contribution is -0.137. The second-order valence-corrected chi connectivity index (χ2v) is 3.75. The van der Waals surface area contributed by atoms with Gasteiger partial charge in [0.25, 0.3) is 0 Å². The number of esters is 1. The largest absolute Gasteiger partial charge is 0.463 e. The van der Waals surface area contributed by atoms with Crippen LogP contribution in [0.3, 0.4) is 0 Å². The first-order valence-electron chi connectivity index (χ1n) is 5.31. The maximum atomic E-state index is 11.2. The van der Waals surface area contributed by atoms with Crippen LogP contribution >= 0.6 is 11.6 Å². The van der Waals surface area contributed by atoms with E-state index in [0.29, 0.717) is 11.6 Å². The smallest absolute Gasteiger partial charge is 0.330 e. The minimum Gasteiger partial charge on any atom is -0.463 e. The third-order valence-electron chi connectivity index (χ3n) is 2.09. The summed E-state index contributed by atoms with van der Waals surface area (Å²) in [5.41, 5.74) is 9.82. The summed E-state index contributed by atoms with van der Waals surface area (Å²) in [6, 6.07) is 5.15. The lowest BCUT2D eigenvalue weighted by Crippen LogP contribution is -1.99. The molecule has 94 valence electrons. The van der Waals surface area contributed by atoms with Crippen LogP contribution in [0.2, 0.25) is 5.02 Å². The molecule has 0 spiro atoms. The van der Waals surface area contributed by atoms with E-state index in [0.717, 1.165) is 11.1 Å². The molecule has 6 heteroatoms. The molecular weight excluding hydrogens is 254 g/mol. The van der Waals surface area contributed by atoms with Crippen molar-refractivity contribution in [1.82, 2.24) is 0 Å². The molecule has 0 atom stereocenters. The predicted molar refractivity (Wildman–Crippen MR) is 70.0 cm³/mol. The lowest BCUT2D eigenvalue weighted by Gasteiger charge is -2.03. The Bertz CT molecular complexity index is 508. The second kappa shape index (κ2) is 7.37. The number of hydrogen-bond acceptors (Lipinski definition) is 3. The fourth-order valence-corrected chi connectivity index (χ4v) is 1.52. The fourth-order valence-electron chi connectivity index (χ4n) is 1.33. The van der Waals surface area contributed by atoms with Gasteiger partial charge in [-0.2, -0.15) is 0 Å². The molecule has 5 nitrogen and oxygen atoms in total. The highest BCUT2D eigenvalue weighted by Crippen LogP contribution is 2.18. The van der Waals surface area contributed by atoms with E-state index < -0.39 is 5.97 Å². The molecule has 0 amide bonds. The third kappa shape index (κ3) is 4.49. The van der Waals surface area contributed by atoms with Gasteiger partial charge < -0.3 is 4.74 Å². The quantitative estimate of drug-likeness (QED) is 0.267. The number of ether oxygens (including phenoxy) is 1. The number of carbonyl (C=O) groups excluding carboxylic acids is 1. The molecule has 0 aliphatic heterocycles. The molecule has 0 heterocycles. The molecule has 0 saturated heterocycles. The Hall–Kier alpha value is -1.97. The van der Waals surface area contributed by atoms with Crippen LogP contribution in [0.5, 0.6) is 0 Å². The maximum Gasteiger partial charge on any atom is 0.330 e. The van der Waals surface area contributed by atoms with E-state index in [9.17, 15) is 4.79 Å². The minimum atomic E-state index is -0.415. The van der Waals surface area contributed by atoms with Crippen LogP contribution in [-0.2, 0) is 16.1 Å². The standard InChI is InChI=1S/C12H12ClN3O2/c1-2-18-12(17)6-4-9-3-5-11(13)7-10(9)8-15-16-14/h3-7H,2,8H2,1H3/b6-4+. The van der Waals surface area contributed by atoms with Crippen molar-refractivity contribution in [2.75, 3.05) is 6.61 Å². The normalized spacial score (nSPS) is 10.1. The first-order chi connectivity index (χ1) is 8.67. The Morgan fingerprint density at radius 2 is 2.39 bits per heavy atom. The molecule has 1 aromatic rings. The molecule has 0 aliphatic rings. The molecule has 18 heavy (non-hydrogen) atoms. The predicted octanol–water partition coefficient (Wildman–Crippen LogP) is 3.73. The zero-order valence-corrected chi connectivity index (χ0v) is 10.6. The number of azide groups is 1. The van der Waals surface area contributed by atoms with Crippen LogP contribution in [0, 0.1) is 0 Å². The molecule has 0 unspecified atom stereocenters. The van der Waals surface area contributed by atoms with E-state index >= 15 is 0 Å². The number of nitrogens with zero attached hydrogens (tertiary/aromatic N) is 3. The summed E-state index contributed by atoms with van der Waals surface area (Å²) in [7, 11) is 0.